The highest BCUT2D eigenvalue weighted by atomic mass is 35.5. The minimum absolute atomic E-state index is 0.204. The summed E-state index contributed by atoms with van der Waals surface area (Å²) in [6, 6.07) is 12.2. The number of para-hydroxylation sites is 2. The van der Waals surface area contributed by atoms with Crippen LogP contribution in [0.4, 0.5) is 5.69 Å². The third-order valence-electron chi connectivity index (χ3n) is 4.06. The lowest BCUT2D eigenvalue weighted by Crippen LogP contribution is -2.36. The molecule has 0 aliphatic carbocycles. The maximum atomic E-state index is 12.9. The van der Waals surface area contributed by atoms with Crippen LogP contribution in [0.25, 0.3) is 0 Å². The van der Waals surface area contributed by atoms with Gasteiger partial charge in [0.25, 0.3) is 5.91 Å². The van der Waals surface area contributed by atoms with E-state index in [0.29, 0.717) is 29.4 Å². The molecule has 1 atom stereocenters. The largest absolute Gasteiger partial charge is 0.494 e. The zero-order chi connectivity index (χ0) is 18.0. The summed E-state index contributed by atoms with van der Waals surface area (Å²) in [5.41, 5.74) is 2.23. The van der Waals surface area contributed by atoms with Crippen molar-refractivity contribution in [1.29, 1.82) is 0 Å². The Morgan fingerprint density at radius 1 is 1.24 bits per heavy atom. The summed E-state index contributed by atoms with van der Waals surface area (Å²) in [6.07, 6.45) is 0. The summed E-state index contributed by atoms with van der Waals surface area (Å²) < 4.78 is 5.65. The third kappa shape index (κ3) is 3.33. The van der Waals surface area contributed by atoms with Gasteiger partial charge < -0.3 is 15.0 Å². The molecule has 130 valence electrons. The first-order chi connectivity index (χ1) is 12.0. The molecule has 1 aliphatic rings. The molecule has 0 aromatic heterocycles. The number of ether oxygens (including phenoxy) is 1. The van der Waals surface area contributed by atoms with Crippen molar-refractivity contribution in [3.8, 4) is 5.75 Å². The van der Waals surface area contributed by atoms with Crippen LogP contribution in [0.2, 0.25) is 5.02 Å². The number of carbonyl (C=O) groups excluding carboxylic acids is 2. The molecule has 3 rings (SSSR count). The van der Waals surface area contributed by atoms with Gasteiger partial charge in [0.05, 0.1) is 23.9 Å². The van der Waals surface area contributed by atoms with E-state index in [1.807, 2.05) is 37.3 Å². The van der Waals surface area contributed by atoms with Crippen LogP contribution in [-0.2, 0) is 16.1 Å². The molecule has 0 fully saturated rings. The fourth-order valence-electron chi connectivity index (χ4n) is 3.05. The van der Waals surface area contributed by atoms with E-state index in [9.17, 15) is 9.59 Å². The molecule has 2 aromatic carbocycles. The maximum absolute atomic E-state index is 12.9. The van der Waals surface area contributed by atoms with Gasteiger partial charge in [0, 0.05) is 18.1 Å². The van der Waals surface area contributed by atoms with Gasteiger partial charge in [0.2, 0.25) is 5.91 Å². The number of fused-ring (bicyclic) bond motifs is 1. The van der Waals surface area contributed by atoms with Crippen LogP contribution in [0.3, 0.4) is 0 Å². The molecule has 0 bridgehead atoms. The quantitative estimate of drug-likeness (QED) is 0.890. The van der Waals surface area contributed by atoms with Gasteiger partial charge in [-0.25, -0.2) is 0 Å². The van der Waals surface area contributed by atoms with Gasteiger partial charge >= 0.3 is 0 Å². The fourth-order valence-corrected chi connectivity index (χ4v) is 3.33. The second kappa shape index (κ2) is 7.15. The average Bonchev–Trinajstić information content (AvgIpc) is 2.83. The molecule has 6 heteroatoms. The van der Waals surface area contributed by atoms with Crippen LogP contribution in [0, 0.1) is 0 Å². The Hall–Kier alpha value is -2.53. The summed E-state index contributed by atoms with van der Waals surface area (Å²) >= 11 is 6.36. The lowest BCUT2D eigenvalue weighted by Gasteiger charge is -2.20. The van der Waals surface area contributed by atoms with Gasteiger partial charge in [-0.3, -0.25) is 9.59 Å². The Bertz CT molecular complexity index is 822. The molecule has 2 amide bonds. The monoisotopic (exact) mass is 358 g/mol. The lowest BCUT2D eigenvalue weighted by atomic mass is 10.1. The number of nitrogens with one attached hydrogen (secondary N) is 1. The molecule has 25 heavy (non-hydrogen) atoms. The van der Waals surface area contributed by atoms with E-state index >= 15 is 0 Å². The lowest BCUT2D eigenvalue weighted by molar-refractivity contribution is -0.126. The number of benzene rings is 2. The molecule has 0 radical (unpaired) electrons. The Balaban J connectivity index is 2.00. The third-order valence-corrected chi connectivity index (χ3v) is 4.37. The van der Waals surface area contributed by atoms with E-state index in [1.54, 1.807) is 17.0 Å². The summed E-state index contributed by atoms with van der Waals surface area (Å²) in [5.74, 6) is 0.264. The zero-order valence-corrected chi connectivity index (χ0v) is 14.8. The van der Waals surface area contributed by atoms with Gasteiger partial charge in [-0.15, -0.1) is 0 Å². The molecule has 2 aromatic rings. The molecule has 1 aliphatic heterocycles. The second-order valence-corrected chi connectivity index (χ2v) is 6.18. The average molecular weight is 359 g/mol. The van der Waals surface area contributed by atoms with Gasteiger partial charge in [-0.05, 0) is 19.1 Å². The van der Waals surface area contributed by atoms with Crippen molar-refractivity contribution in [2.75, 3.05) is 11.5 Å². The molecular formula is C19H19ClN2O3. The van der Waals surface area contributed by atoms with E-state index in [-0.39, 0.29) is 11.8 Å². The van der Waals surface area contributed by atoms with Crippen molar-refractivity contribution in [2.45, 2.75) is 26.4 Å². The highest BCUT2D eigenvalue weighted by molar-refractivity contribution is 6.34. The van der Waals surface area contributed by atoms with Crippen molar-refractivity contribution in [3.05, 3.63) is 58.6 Å². The molecule has 1 N–H and O–H groups in total. The van der Waals surface area contributed by atoms with Crippen LogP contribution in [0.1, 0.15) is 31.0 Å². The standard InChI is InChI=1S/C19H19ClN2O3/c1-3-25-16-10-5-4-7-13(16)11-22-18-14(8-6-9-15(18)20)17(19(22)24)21-12(2)23/h4-10,17H,3,11H2,1-2H3,(H,21,23)/t17-/m1/s1. The summed E-state index contributed by atoms with van der Waals surface area (Å²) in [5, 5.41) is 3.19. The van der Waals surface area contributed by atoms with Gasteiger partial charge in [0.1, 0.15) is 11.8 Å². The number of carbonyl (C=O) groups is 2. The van der Waals surface area contributed by atoms with Gasteiger partial charge in [-0.1, -0.05) is 41.9 Å². The van der Waals surface area contributed by atoms with Crippen LogP contribution in [-0.4, -0.2) is 18.4 Å². The predicted molar refractivity (Wildman–Crippen MR) is 96.8 cm³/mol. The Morgan fingerprint density at radius 2 is 2.00 bits per heavy atom. The Labute approximate surface area is 151 Å². The first-order valence-corrected chi connectivity index (χ1v) is 8.48. The number of nitrogens with zero attached hydrogens (tertiary/aromatic N) is 1. The summed E-state index contributed by atoms with van der Waals surface area (Å²) in [6.45, 7) is 4.17. The van der Waals surface area contributed by atoms with Crippen LogP contribution < -0.4 is 15.0 Å². The second-order valence-electron chi connectivity index (χ2n) is 5.78. The normalized spacial score (nSPS) is 15.9. The first kappa shape index (κ1) is 17.3. The van der Waals surface area contributed by atoms with Crippen molar-refractivity contribution in [2.24, 2.45) is 0 Å². The van der Waals surface area contributed by atoms with Crippen molar-refractivity contribution < 1.29 is 14.3 Å². The van der Waals surface area contributed by atoms with E-state index in [2.05, 4.69) is 5.32 Å². The van der Waals surface area contributed by atoms with Gasteiger partial charge in [-0.2, -0.15) is 0 Å². The molecule has 5 nitrogen and oxygen atoms in total. The van der Waals surface area contributed by atoms with E-state index in [0.717, 1.165) is 11.3 Å². The SMILES string of the molecule is CCOc1ccccc1CN1C(=O)[C@H](NC(C)=O)c2cccc(Cl)c21. The van der Waals surface area contributed by atoms with Crippen LogP contribution >= 0.6 is 11.6 Å². The van der Waals surface area contributed by atoms with E-state index in [1.165, 1.54) is 6.92 Å². The molecule has 1 heterocycles. The smallest absolute Gasteiger partial charge is 0.254 e. The molecule has 0 unspecified atom stereocenters. The summed E-state index contributed by atoms with van der Waals surface area (Å²) in [4.78, 5) is 26.1. The number of hydrogen-bond acceptors (Lipinski definition) is 3. The maximum Gasteiger partial charge on any atom is 0.254 e. The van der Waals surface area contributed by atoms with Crippen LogP contribution in [0.5, 0.6) is 5.75 Å². The van der Waals surface area contributed by atoms with E-state index < -0.39 is 6.04 Å². The summed E-state index contributed by atoms with van der Waals surface area (Å²) in [7, 11) is 0. The topological polar surface area (TPSA) is 58.6 Å². The Kier molecular flexibility index (Phi) is 4.95. The predicted octanol–water partition coefficient (Wildman–Crippen LogP) is 3.46. The number of hydrogen-bond donors (Lipinski definition) is 1. The molecule has 0 saturated heterocycles. The number of rotatable bonds is 5. The van der Waals surface area contributed by atoms with Crippen LogP contribution in [0.15, 0.2) is 42.5 Å². The highest BCUT2D eigenvalue weighted by Crippen LogP contribution is 2.42. The molecule has 0 saturated carbocycles. The number of amides is 2. The van der Waals surface area contributed by atoms with Crippen molar-refractivity contribution >= 4 is 29.1 Å². The minimum Gasteiger partial charge on any atom is -0.494 e. The van der Waals surface area contributed by atoms with E-state index in [4.69, 9.17) is 16.3 Å². The number of halogens is 1. The van der Waals surface area contributed by atoms with Crippen molar-refractivity contribution in [3.63, 3.8) is 0 Å². The minimum atomic E-state index is -0.717. The van der Waals surface area contributed by atoms with Gasteiger partial charge in [0.15, 0.2) is 0 Å². The fraction of sp³-hybridized carbons (Fsp3) is 0.263. The van der Waals surface area contributed by atoms with Crippen molar-refractivity contribution in [1.82, 2.24) is 5.32 Å². The highest BCUT2D eigenvalue weighted by Gasteiger charge is 2.39. The first-order valence-electron chi connectivity index (χ1n) is 8.10. The zero-order valence-electron chi connectivity index (χ0n) is 14.1. The molecule has 0 spiro atoms. The molecular weight excluding hydrogens is 340 g/mol. The number of anilines is 1. The Morgan fingerprint density at radius 3 is 2.72 bits per heavy atom.